The molecule has 0 N–H and O–H groups in total. The highest BCUT2D eigenvalue weighted by Gasteiger charge is 2.51. The number of hydrogen-bond donors (Lipinski definition) is 0. The first-order valence-electron chi connectivity index (χ1n) is 10.4. The van der Waals surface area contributed by atoms with Crippen molar-refractivity contribution in [2.45, 2.75) is 43.6 Å². The van der Waals surface area contributed by atoms with Crippen molar-refractivity contribution in [2.75, 3.05) is 14.2 Å². The molecule has 29 heavy (non-hydrogen) atoms. The molecule has 1 saturated heterocycles. The molecule has 1 amide bonds. The maximum absolute atomic E-state index is 13.5. The molecule has 5 rings (SSSR count). The molecule has 0 aromatic heterocycles. The molecule has 1 fully saturated rings. The van der Waals surface area contributed by atoms with E-state index < -0.39 is 0 Å². The van der Waals surface area contributed by atoms with E-state index in [2.05, 4.69) is 61.5 Å². The van der Waals surface area contributed by atoms with Crippen LogP contribution in [0.25, 0.3) is 10.8 Å². The topological polar surface area (TPSA) is 29.5 Å². The molecule has 1 aliphatic carbocycles. The number of rotatable bonds is 2. The Hall–Kier alpha value is -2.81. The normalized spacial score (nSPS) is 26.2. The van der Waals surface area contributed by atoms with E-state index in [9.17, 15) is 4.79 Å². The lowest BCUT2D eigenvalue weighted by Gasteiger charge is -2.53. The summed E-state index contributed by atoms with van der Waals surface area (Å²) in [6.07, 6.45) is 2.94. The van der Waals surface area contributed by atoms with Gasteiger partial charge < -0.3 is 9.64 Å². The van der Waals surface area contributed by atoms with E-state index >= 15 is 0 Å². The SMILES string of the molecule is COc1ccc2c(C3C[C@]4(C)c5ccccc5CC[C@H]4N(C)C3=O)cccc2c1. The second kappa shape index (κ2) is 6.62. The van der Waals surface area contributed by atoms with Crippen LogP contribution in [0.2, 0.25) is 0 Å². The van der Waals surface area contributed by atoms with Gasteiger partial charge in [0.25, 0.3) is 0 Å². The lowest BCUT2D eigenvalue weighted by molar-refractivity contribution is -0.140. The fourth-order valence-electron chi connectivity index (χ4n) is 5.82. The maximum atomic E-state index is 13.5. The third-order valence-corrected chi connectivity index (χ3v) is 7.29. The predicted molar refractivity (Wildman–Crippen MR) is 117 cm³/mol. The van der Waals surface area contributed by atoms with Gasteiger partial charge in [0.2, 0.25) is 5.91 Å². The summed E-state index contributed by atoms with van der Waals surface area (Å²) in [5, 5.41) is 2.26. The fourth-order valence-corrected chi connectivity index (χ4v) is 5.82. The number of amides is 1. The molecule has 148 valence electrons. The smallest absolute Gasteiger partial charge is 0.230 e. The predicted octanol–water partition coefficient (Wildman–Crippen LogP) is 5.07. The average molecular weight is 386 g/mol. The number of piperidine rings is 1. The Bertz CT molecular complexity index is 1100. The molecule has 3 aromatic carbocycles. The summed E-state index contributed by atoms with van der Waals surface area (Å²) in [7, 11) is 3.69. The molecule has 2 aliphatic rings. The standard InChI is InChI=1S/C26H27NO2/c1-26-16-22(21-9-6-8-18-15-19(29-3)12-13-20(18)21)25(28)27(2)24(26)14-11-17-7-4-5-10-23(17)26/h4-10,12-13,15,22,24H,11,14,16H2,1-3H3/t22?,24-,26-/m1/s1. The van der Waals surface area contributed by atoms with E-state index in [4.69, 9.17) is 4.74 Å². The van der Waals surface area contributed by atoms with Crippen LogP contribution in [0.3, 0.4) is 0 Å². The first-order chi connectivity index (χ1) is 14.0. The van der Waals surface area contributed by atoms with Gasteiger partial charge in [0, 0.05) is 18.5 Å². The molecule has 1 unspecified atom stereocenters. The van der Waals surface area contributed by atoms with Crippen LogP contribution >= 0.6 is 0 Å². The van der Waals surface area contributed by atoms with Gasteiger partial charge in [-0.05, 0) is 58.9 Å². The summed E-state index contributed by atoms with van der Waals surface area (Å²) in [5.41, 5.74) is 3.96. The molecule has 3 nitrogen and oxygen atoms in total. The Balaban J connectivity index is 1.64. The van der Waals surface area contributed by atoms with Crippen molar-refractivity contribution in [3.8, 4) is 5.75 Å². The van der Waals surface area contributed by atoms with Gasteiger partial charge in [-0.15, -0.1) is 0 Å². The van der Waals surface area contributed by atoms with E-state index in [0.717, 1.165) is 41.3 Å². The van der Waals surface area contributed by atoms with Crippen molar-refractivity contribution < 1.29 is 9.53 Å². The average Bonchev–Trinajstić information content (AvgIpc) is 2.75. The van der Waals surface area contributed by atoms with Crippen LogP contribution in [0.4, 0.5) is 0 Å². The van der Waals surface area contributed by atoms with Gasteiger partial charge in [0.15, 0.2) is 0 Å². The van der Waals surface area contributed by atoms with Crippen molar-refractivity contribution in [3.05, 3.63) is 77.4 Å². The first kappa shape index (κ1) is 18.2. The van der Waals surface area contributed by atoms with Crippen molar-refractivity contribution in [3.63, 3.8) is 0 Å². The fraction of sp³-hybridized carbons (Fsp3) is 0.346. The summed E-state index contributed by atoms with van der Waals surface area (Å²) >= 11 is 0. The van der Waals surface area contributed by atoms with Crippen molar-refractivity contribution in [2.24, 2.45) is 0 Å². The number of ether oxygens (including phenoxy) is 1. The molecule has 1 aliphatic heterocycles. The molecule has 3 aromatic rings. The van der Waals surface area contributed by atoms with E-state index in [1.54, 1.807) is 7.11 Å². The monoisotopic (exact) mass is 385 g/mol. The van der Waals surface area contributed by atoms with Gasteiger partial charge in [0.1, 0.15) is 5.75 Å². The molecule has 1 heterocycles. The maximum Gasteiger partial charge on any atom is 0.230 e. The summed E-state index contributed by atoms with van der Waals surface area (Å²) in [5.74, 6) is 0.953. The van der Waals surface area contributed by atoms with Gasteiger partial charge in [-0.1, -0.05) is 55.5 Å². The largest absolute Gasteiger partial charge is 0.497 e. The Kier molecular flexibility index (Phi) is 4.16. The van der Waals surface area contributed by atoms with Crippen LogP contribution in [0.15, 0.2) is 60.7 Å². The molecule has 3 atom stereocenters. The van der Waals surface area contributed by atoms with Gasteiger partial charge in [-0.3, -0.25) is 4.79 Å². The summed E-state index contributed by atoms with van der Waals surface area (Å²) < 4.78 is 5.40. The Morgan fingerprint density at radius 2 is 1.90 bits per heavy atom. The highest BCUT2D eigenvalue weighted by atomic mass is 16.5. The third kappa shape index (κ3) is 2.67. The summed E-state index contributed by atoms with van der Waals surface area (Å²) in [6.45, 7) is 2.36. The van der Waals surface area contributed by atoms with Crippen LogP contribution < -0.4 is 4.74 Å². The van der Waals surface area contributed by atoms with Crippen LogP contribution in [-0.4, -0.2) is 31.0 Å². The molecule has 0 spiro atoms. The number of fused-ring (bicyclic) bond motifs is 4. The third-order valence-electron chi connectivity index (χ3n) is 7.29. The van der Waals surface area contributed by atoms with Crippen molar-refractivity contribution >= 4 is 16.7 Å². The minimum absolute atomic E-state index is 0.0309. The zero-order valence-corrected chi connectivity index (χ0v) is 17.3. The molecule has 3 heteroatoms. The number of methoxy groups -OCH3 is 1. The number of carbonyl (C=O) groups is 1. The van der Waals surface area contributed by atoms with Gasteiger partial charge in [-0.25, -0.2) is 0 Å². The van der Waals surface area contributed by atoms with Crippen LogP contribution in [0, 0.1) is 0 Å². The lowest BCUT2D eigenvalue weighted by atomic mass is 9.60. The number of benzene rings is 3. The molecule has 0 radical (unpaired) electrons. The second-order valence-corrected chi connectivity index (χ2v) is 8.77. The van der Waals surface area contributed by atoms with E-state index in [-0.39, 0.29) is 23.3 Å². The highest BCUT2D eigenvalue weighted by Crippen LogP contribution is 2.50. The molecule has 0 saturated carbocycles. The lowest BCUT2D eigenvalue weighted by Crippen LogP contribution is -2.58. The molecular weight excluding hydrogens is 358 g/mol. The number of hydrogen-bond acceptors (Lipinski definition) is 2. The number of likely N-dealkylation sites (tertiary alicyclic amines) is 1. The van der Waals surface area contributed by atoms with Crippen molar-refractivity contribution in [1.82, 2.24) is 4.90 Å². The number of aryl methyl sites for hydroxylation is 1. The quantitative estimate of drug-likeness (QED) is 0.617. The Labute approximate surface area is 172 Å². The Morgan fingerprint density at radius 1 is 1.07 bits per heavy atom. The Morgan fingerprint density at radius 3 is 2.72 bits per heavy atom. The number of likely N-dealkylation sites (N-methyl/N-ethyl adjacent to an activating group) is 1. The minimum Gasteiger partial charge on any atom is -0.497 e. The summed E-state index contributed by atoms with van der Waals surface area (Å²) in [4.78, 5) is 15.5. The van der Waals surface area contributed by atoms with Crippen LogP contribution in [-0.2, 0) is 16.6 Å². The van der Waals surface area contributed by atoms with Gasteiger partial charge >= 0.3 is 0 Å². The zero-order valence-electron chi connectivity index (χ0n) is 17.3. The minimum atomic E-state index is -0.135. The number of carbonyl (C=O) groups excluding carboxylic acids is 1. The van der Waals surface area contributed by atoms with Crippen LogP contribution in [0.1, 0.15) is 42.4 Å². The van der Waals surface area contributed by atoms with Gasteiger partial charge in [0.05, 0.1) is 13.0 Å². The second-order valence-electron chi connectivity index (χ2n) is 8.77. The van der Waals surface area contributed by atoms with Gasteiger partial charge in [-0.2, -0.15) is 0 Å². The van der Waals surface area contributed by atoms with Crippen LogP contribution in [0.5, 0.6) is 5.75 Å². The molecular formula is C26H27NO2. The highest BCUT2D eigenvalue weighted by molar-refractivity contribution is 5.94. The van der Waals surface area contributed by atoms with Crippen molar-refractivity contribution in [1.29, 1.82) is 0 Å². The van der Waals surface area contributed by atoms with E-state index in [1.165, 1.54) is 11.1 Å². The van der Waals surface area contributed by atoms with E-state index in [0.29, 0.717) is 0 Å². The zero-order chi connectivity index (χ0) is 20.2. The van der Waals surface area contributed by atoms with E-state index in [1.807, 2.05) is 18.0 Å². The number of nitrogens with zero attached hydrogens (tertiary/aromatic N) is 1. The molecule has 0 bridgehead atoms. The first-order valence-corrected chi connectivity index (χ1v) is 10.4. The summed E-state index contributed by atoms with van der Waals surface area (Å²) in [6, 6.07) is 21.5.